The molecule has 0 heterocycles. The van der Waals surface area contributed by atoms with Gasteiger partial charge in [-0.1, -0.05) is 18.2 Å². The van der Waals surface area contributed by atoms with Crippen LogP contribution in [0.25, 0.3) is 0 Å². The number of aryl methyl sites for hydroxylation is 1. The van der Waals surface area contributed by atoms with Crippen molar-refractivity contribution in [2.45, 2.75) is 6.92 Å². The zero-order valence-electron chi connectivity index (χ0n) is 14.3. The van der Waals surface area contributed by atoms with Crippen molar-refractivity contribution in [3.05, 3.63) is 59.7 Å². The molecule has 0 fully saturated rings. The molecule has 0 atom stereocenters. The van der Waals surface area contributed by atoms with Gasteiger partial charge in [-0.15, -0.1) is 0 Å². The zero-order chi connectivity index (χ0) is 18.1. The molecule has 0 aliphatic heterocycles. The van der Waals surface area contributed by atoms with Crippen LogP contribution in [0.1, 0.15) is 15.9 Å². The predicted molar refractivity (Wildman–Crippen MR) is 93.9 cm³/mol. The molecule has 0 radical (unpaired) electrons. The van der Waals surface area contributed by atoms with E-state index in [4.69, 9.17) is 14.2 Å². The Morgan fingerprint density at radius 3 is 2.40 bits per heavy atom. The number of carbonyl (C=O) groups is 2. The van der Waals surface area contributed by atoms with Crippen LogP contribution >= 0.6 is 0 Å². The van der Waals surface area contributed by atoms with Crippen LogP contribution in [-0.4, -0.2) is 38.8 Å². The number of hydrogen-bond donors (Lipinski definition) is 1. The van der Waals surface area contributed by atoms with Gasteiger partial charge < -0.3 is 19.5 Å². The second kappa shape index (κ2) is 9.44. The van der Waals surface area contributed by atoms with Crippen LogP contribution in [0.5, 0.6) is 5.75 Å². The maximum atomic E-state index is 12.3. The lowest BCUT2D eigenvalue weighted by Crippen LogP contribution is -2.17. The molecule has 25 heavy (non-hydrogen) atoms. The molecule has 0 saturated heterocycles. The fraction of sp³-hybridized carbons (Fsp3) is 0.263. The Kier molecular flexibility index (Phi) is 6.98. The largest absolute Gasteiger partial charge is 0.482 e. The fourth-order valence-electron chi connectivity index (χ4n) is 2.03. The van der Waals surface area contributed by atoms with E-state index < -0.39 is 5.97 Å². The van der Waals surface area contributed by atoms with Gasteiger partial charge in [-0.2, -0.15) is 0 Å². The second-order valence-corrected chi connectivity index (χ2v) is 5.30. The number of hydrogen-bond acceptors (Lipinski definition) is 5. The molecule has 0 spiro atoms. The molecule has 1 N–H and O–H groups in total. The number of rotatable bonds is 8. The van der Waals surface area contributed by atoms with Crippen LogP contribution in [0.3, 0.4) is 0 Å². The smallest absolute Gasteiger partial charge is 0.344 e. The highest BCUT2D eigenvalue weighted by Gasteiger charge is 2.09. The Labute approximate surface area is 146 Å². The van der Waals surface area contributed by atoms with Crippen LogP contribution in [0.2, 0.25) is 0 Å². The number of ether oxygens (including phenoxy) is 3. The second-order valence-electron chi connectivity index (χ2n) is 5.30. The minimum atomic E-state index is -0.474. The molecule has 2 aromatic carbocycles. The Balaban J connectivity index is 1.86. The van der Waals surface area contributed by atoms with E-state index in [1.54, 1.807) is 24.3 Å². The Morgan fingerprint density at radius 1 is 1.00 bits per heavy atom. The van der Waals surface area contributed by atoms with Crippen molar-refractivity contribution >= 4 is 17.6 Å². The van der Waals surface area contributed by atoms with Gasteiger partial charge in [0.25, 0.3) is 5.91 Å². The quantitative estimate of drug-likeness (QED) is 0.589. The molecule has 2 aromatic rings. The molecule has 6 heteroatoms. The van der Waals surface area contributed by atoms with E-state index in [0.717, 1.165) is 11.3 Å². The summed E-state index contributed by atoms with van der Waals surface area (Å²) in [5, 5.41) is 2.86. The normalized spacial score (nSPS) is 10.2. The number of carbonyl (C=O) groups excluding carboxylic acids is 2. The van der Waals surface area contributed by atoms with E-state index in [-0.39, 0.29) is 19.1 Å². The summed E-state index contributed by atoms with van der Waals surface area (Å²) >= 11 is 0. The van der Waals surface area contributed by atoms with Gasteiger partial charge in [0.15, 0.2) is 6.61 Å². The van der Waals surface area contributed by atoms with Crippen LogP contribution in [0.15, 0.2) is 48.5 Å². The Morgan fingerprint density at radius 2 is 1.72 bits per heavy atom. The zero-order valence-corrected chi connectivity index (χ0v) is 14.3. The van der Waals surface area contributed by atoms with Crippen LogP contribution in [-0.2, 0) is 14.3 Å². The fourth-order valence-corrected chi connectivity index (χ4v) is 2.03. The van der Waals surface area contributed by atoms with Crippen LogP contribution in [0, 0.1) is 6.92 Å². The van der Waals surface area contributed by atoms with E-state index in [2.05, 4.69) is 5.32 Å². The maximum Gasteiger partial charge on any atom is 0.344 e. The molecular formula is C19H21NO5. The summed E-state index contributed by atoms with van der Waals surface area (Å²) < 4.78 is 15.0. The van der Waals surface area contributed by atoms with Crippen molar-refractivity contribution in [3.63, 3.8) is 0 Å². The summed E-state index contributed by atoms with van der Waals surface area (Å²) in [5.74, 6) is -0.200. The van der Waals surface area contributed by atoms with E-state index >= 15 is 0 Å². The molecule has 0 aromatic heterocycles. The number of esters is 1. The first-order valence-corrected chi connectivity index (χ1v) is 7.84. The maximum absolute atomic E-state index is 12.3. The van der Waals surface area contributed by atoms with Crippen molar-refractivity contribution in [1.82, 2.24) is 0 Å². The number of nitrogens with one attached hydrogen (secondary N) is 1. The molecule has 132 valence electrons. The molecule has 0 bridgehead atoms. The highest BCUT2D eigenvalue weighted by Crippen LogP contribution is 2.16. The van der Waals surface area contributed by atoms with E-state index in [1.807, 2.05) is 31.2 Å². The van der Waals surface area contributed by atoms with Gasteiger partial charge >= 0.3 is 5.97 Å². The standard InChI is InChI=1S/C19H21NO5/c1-14-5-3-4-6-17(14)20-19(22)15-7-9-16(10-8-15)25-13-18(21)24-12-11-23-2/h3-10H,11-13H2,1-2H3,(H,20,22). The Hall–Kier alpha value is -2.86. The summed E-state index contributed by atoms with van der Waals surface area (Å²) in [6.07, 6.45) is 0. The third-order valence-corrected chi connectivity index (χ3v) is 3.42. The number of amides is 1. The first-order valence-electron chi connectivity index (χ1n) is 7.84. The van der Waals surface area contributed by atoms with Crippen molar-refractivity contribution in [2.24, 2.45) is 0 Å². The number of anilines is 1. The summed E-state index contributed by atoms with van der Waals surface area (Å²) in [4.78, 5) is 23.7. The lowest BCUT2D eigenvalue weighted by molar-refractivity contribution is -0.147. The molecular weight excluding hydrogens is 322 g/mol. The van der Waals surface area contributed by atoms with Crippen LogP contribution in [0.4, 0.5) is 5.69 Å². The highest BCUT2D eigenvalue weighted by atomic mass is 16.6. The first-order chi connectivity index (χ1) is 12.1. The van der Waals surface area contributed by atoms with E-state index in [1.165, 1.54) is 7.11 Å². The molecule has 0 unspecified atom stereocenters. The van der Waals surface area contributed by atoms with Gasteiger partial charge in [0.05, 0.1) is 6.61 Å². The average molecular weight is 343 g/mol. The topological polar surface area (TPSA) is 73.9 Å². The Bertz CT molecular complexity index is 712. The average Bonchev–Trinajstić information content (AvgIpc) is 2.62. The number of methoxy groups -OCH3 is 1. The van der Waals surface area contributed by atoms with Gasteiger partial charge in [-0.3, -0.25) is 4.79 Å². The number of benzene rings is 2. The van der Waals surface area contributed by atoms with E-state index in [0.29, 0.717) is 17.9 Å². The van der Waals surface area contributed by atoms with E-state index in [9.17, 15) is 9.59 Å². The molecule has 0 aliphatic carbocycles. The number of para-hydroxylation sites is 1. The first kappa shape index (κ1) is 18.5. The van der Waals surface area contributed by atoms with Crippen molar-refractivity contribution in [3.8, 4) is 5.75 Å². The lowest BCUT2D eigenvalue weighted by Gasteiger charge is -2.09. The lowest BCUT2D eigenvalue weighted by atomic mass is 10.1. The van der Waals surface area contributed by atoms with Crippen molar-refractivity contribution < 1.29 is 23.8 Å². The summed E-state index contributed by atoms with van der Waals surface area (Å²) in [6, 6.07) is 14.1. The summed E-state index contributed by atoms with van der Waals surface area (Å²) in [6.45, 7) is 2.27. The molecule has 1 amide bonds. The molecule has 0 saturated carbocycles. The monoisotopic (exact) mass is 343 g/mol. The van der Waals surface area contributed by atoms with Crippen LogP contribution < -0.4 is 10.1 Å². The third kappa shape index (κ3) is 5.93. The van der Waals surface area contributed by atoms with Crippen molar-refractivity contribution in [1.29, 1.82) is 0 Å². The molecule has 6 nitrogen and oxygen atoms in total. The van der Waals surface area contributed by atoms with Gasteiger partial charge in [-0.25, -0.2) is 4.79 Å². The molecule has 0 aliphatic rings. The van der Waals surface area contributed by atoms with Gasteiger partial charge in [-0.05, 0) is 42.8 Å². The van der Waals surface area contributed by atoms with Gasteiger partial charge in [0, 0.05) is 18.4 Å². The third-order valence-electron chi connectivity index (χ3n) is 3.42. The summed E-state index contributed by atoms with van der Waals surface area (Å²) in [7, 11) is 1.53. The SMILES string of the molecule is COCCOC(=O)COc1ccc(C(=O)Nc2ccccc2C)cc1. The molecule has 2 rings (SSSR count). The van der Waals surface area contributed by atoms with Crippen molar-refractivity contribution in [2.75, 3.05) is 32.2 Å². The van der Waals surface area contributed by atoms with Gasteiger partial charge in [0.1, 0.15) is 12.4 Å². The predicted octanol–water partition coefficient (Wildman–Crippen LogP) is 2.82. The summed E-state index contributed by atoms with van der Waals surface area (Å²) in [5.41, 5.74) is 2.26. The highest BCUT2D eigenvalue weighted by molar-refractivity contribution is 6.04. The minimum Gasteiger partial charge on any atom is -0.482 e. The minimum absolute atomic E-state index is 0.191. The van der Waals surface area contributed by atoms with Gasteiger partial charge in [0.2, 0.25) is 0 Å².